The molecule has 0 aliphatic carbocycles. The van der Waals surface area contributed by atoms with Crippen LogP contribution in [0.5, 0.6) is 0 Å². The summed E-state index contributed by atoms with van der Waals surface area (Å²) in [6.07, 6.45) is 3.25. The predicted octanol–water partition coefficient (Wildman–Crippen LogP) is 2.10. The molecular weight excluding hydrogens is 194 g/mol. The second kappa shape index (κ2) is 4.96. The molecule has 4 heteroatoms. The van der Waals surface area contributed by atoms with Crippen LogP contribution in [0.3, 0.4) is 0 Å². The van der Waals surface area contributed by atoms with Gasteiger partial charge in [0.15, 0.2) is 0 Å². The van der Waals surface area contributed by atoms with Crippen molar-refractivity contribution in [2.24, 2.45) is 0 Å². The Morgan fingerprint density at radius 3 is 2.57 bits per heavy atom. The third-order valence-electron chi connectivity index (χ3n) is 1.55. The Bertz CT molecular complexity index is 390. The van der Waals surface area contributed by atoms with Crippen LogP contribution in [0, 0.1) is 0 Å². The van der Waals surface area contributed by atoms with Crippen molar-refractivity contribution in [3.63, 3.8) is 0 Å². The summed E-state index contributed by atoms with van der Waals surface area (Å²) in [5.41, 5.74) is 1.44. The number of nitrogens with zero attached hydrogens (tertiary/aromatic N) is 2. The van der Waals surface area contributed by atoms with Crippen molar-refractivity contribution in [1.29, 1.82) is 0 Å². The van der Waals surface area contributed by atoms with Crippen LogP contribution in [0.1, 0.15) is 13.8 Å². The molecule has 0 spiro atoms. The summed E-state index contributed by atoms with van der Waals surface area (Å²) in [5.74, 6) is 0. The number of hydrogen-bond acceptors (Lipinski definition) is 2. The first-order valence-corrected chi connectivity index (χ1v) is 4.80. The zero-order valence-electron chi connectivity index (χ0n) is 8.16. The lowest BCUT2D eigenvalue weighted by Crippen LogP contribution is -2.02. The van der Waals surface area contributed by atoms with Crippen LogP contribution >= 0.6 is 11.6 Å². The molecule has 2 aromatic heterocycles. The molecule has 0 N–H and O–H groups in total. The average Bonchev–Trinajstić information content (AvgIpc) is 2.21. The van der Waals surface area contributed by atoms with Gasteiger partial charge in [0.2, 0.25) is 0 Å². The molecule has 0 aromatic carbocycles. The van der Waals surface area contributed by atoms with Gasteiger partial charge in [-0.1, -0.05) is 37.0 Å². The standard InChI is InChI=1S/C8H4BClN2.C2H6/c9-6-1-5-3-12-8(10)2-7(5)11-4-6;1-2/h1-4H;1-2H3. The van der Waals surface area contributed by atoms with Crippen LogP contribution in [0.4, 0.5) is 0 Å². The Kier molecular flexibility index (Phi) is 3.90. The summed E-state index contributed by atoms with van der Waals surface area (Å²) in [6.45, 7) is 4.00. The number of rotatable bonds is 0. The first-order chi connectivity index (χ1) is 6.75. The number of fused-ring (bicyclic) bond motifs is 1. The SMILES string of the molecule is CC.[B]c1cnc2cc(Cl)ncc2c1. The molecule has 0 atom stereocenters. The lowest BCUT2D eigenvalue weighted by Gasteiger charge is -1.97. The smallest absolute Gasteiger partial charge is 0.131 e. The Labute approximate surface area is 89.7 Å². The van der Waals surface area contributed by atoms with Gasteiger partial charge in [-0.05, 0) is 0 Å². The molecule has 0 amide bonds. The minimum Gasteiger partial charge on any atom is -0.257 e. The highest BCUT2D eigenvalue weighted by atomic mass is 35.5. The second-order valence-corrected chi connectivity index (χ2v) is 2.86. The Balaban J connectivity index is 0.000000461. The van der Waals surface area contributed by atoms with Crippen molar-refractivity contribution in [2.75, 3.05) is 0 Å². The molecule has 2 aromatic rings. The summed E-state index contributed by atoms with van der Waals surface area (Å²) in [4.78, 5) is 8.01. The van der Waals surface area contributed by atoms with E-state index in [4.69, 9.17) is 19.4 Å². The van der Waals surface area contributed by atoms with E-state index in [2.05, 4.69) is 9.97 Å². The minimum atomic E-state index is 0.444. The summed E-state index contributed by atoms with van der Waals surface area (Å²) < 4.78 is 0. The van der Waals surface area contributed by atoms with Gasteiger partial charge >= 0.3 is 0 Å². The molecule has 2 radical (unpaired) electrons. The summed E-state index contributed by atoms with van der Waals surface area (Å²) in [7, 11) is 5.54. The van der Waals surface area contributed by atoms with Crippen LogP contribution in [0.15, 0.2) is 24.5 Å². The van der Waals surface area contributed by atoms with Crippen molar-refractivity contribution in [3.8, 4) is 0 Å². The van der Waals surface area contributed by atoms with E-state index in [-0.39, 0.29) is 0 Å². The quantitative estimate of drug-likeness (QED) is 0.485. The van der Waals surface area contributed by atoms with Crippen molar-refractivity contribution < 1.29 is 0 Å². The van der Waals surface area contributed by atoms with E-state index in [9.17, 15) is 0 Å². The van der Waals surface area contributed by atoms with Gasteiger partial charge in [0, 0.05) is 23.8 Å². The molecule has 2 rings (SSSR count). The lowest BCUT2D eigenvalue weighted by atomic mass is 9.98. The molecule has 0 fully saturated rings. The van der Waals surface area contributed by atoms with Crippen molar-refractivity contribution >= 4 is 35.8 Å². The van der Waals surface area contributed by atoms with Crippen LogP contribution < -0.4 is 5.46 Å². The van der Waals surface area contributed by atoms with E-state index >= 15 is 0 Å². The van der Waals surface area contributed by atoms with Gasteiger partial charge in [-0.2, -0.15) is 0 Å². The minimum absolute atomic E-state index is 0.444. The molecule has 2 nitrogen and oxygen atoms in total. The van der Waals surface area contributed by atoms with Crippen LogP contribution in [-0.2, 0) is 0 Å². The Morgan fingerprint density at radius 1 is 1.14 bits per heavy atom. The predicted molar refractivity (Wildman–Crippen MR) is 61.3 cm³/mol. The zero-order valence-corrected chi connectivity index (χ0v) is 8.92. The maximum atomic E-state index is 5.68. The molecule has 0 bridgehead atoms. The topological polar surface area (TPSA) is 25.8 Å². The molecule has 0 aliphatic heterocycles. The van der Waals surface area contributed by atoms with Crippen LogP contribution in [0.2, 0.25) is 5.15 Å². The van der Waals surface area contributed by atoms with Gasteiger partial charge in [0.25, 0.3) is 0 Å². The van der Waals surface area contributed by atoms with E-state index in [1.54, 1.807) is 18.5 Å². The fourth-order valence-electron chi connectivity index (χ4n) is 1.01. The van der Waals surface area contributed by atoms with E-state index in [0.29, 0.717) is 10.6 Å². The lowest BCUT2D eigenvalue weighted by molar-refractivity contribution is 1.33. The largest absolute Gasteiger partial charge is 0.257 e. The zero-order chi connectivity index (χ0) is 10.6. The second-order valence-electron chi connectivity index (χ2n) is 2.47. The fraction of sp³-hybridized carbons (Fsp3) is 0.200. The summed E-state index contributed by atoms with van der Waals surface area (Å²) >= 11 is 5.68. The molecule has 2 heterocycles. The highest BCUT2D eigenvalue weighted by Crippen LogP contribution is 2.12. The van der Waals surface area contributed by atoms with E-state index in [1.807, 2.05) is 19.9 Å². The highest BCUT2D eigenvalue weighted by Gasteiger charge is 1.96. The normalized spacial score (nSPS) is 9.36. The van der Waals surface area contributed by atoms with Gasteiger partial charge in [-0.15, -0.1) is 0 Å². The first-order valence-electron chi connectivity index (χ1n) is 4.42. The van der Waals surface area contributed by atoms with Crippen LogP contribution in [-0.4, -0.2) is 17.8 Å². The monoisotopic (exact) mass is 204 g/mol. The fourth-order valence-corrected chi connectivity index (χ4v) is 1.17. The maximum absolute atomic E-state index is 5.68. The number of hydrogen-bond donors (Lipinski definition) is 0. The molecule has 0 aliphatic rings. The first kappa shape index (κ1) is 11.0. The van der Waals surface area contributed by atoms with Crippen molar-refractivity contribution in [1.82, 2.24) is 9.97 Å². The Hall–Kier alpha value is -1.09. The molecule has 70 valence electrons. The number of halogens is 1. The van der Waals surface area contributed by atoms with Crippen molar-refractivity contribution in [2.45, 2.75) is 13.8 Å². The van der Waals surface area contributed by atoms with Gasteiger partial charge in [-0.3, -0.25) is 4.98 Å². The van der Waals surface area contributed by atoms with Gasteiger partial charge in [-0.25, -0.2) is 4.98 Å². The maximum Gasteiger partial charge on any atom is 0.131 e. The molecule has 14 heavy (non-hydrogen) atoms. The van der Waals surface area contributed by atoms with E-state index in [1.165, 1.54) is 0 Å². The molecule has 0 saturated heterocycles. The molecule has 0 unspecified atom stereocenters. The molecule has 0 saturated carbocycles. The van der Waals surface area contributed by atoms with Crippen molar-refractivity contribution in [3.05, 3.63) is 29.7 Å². The van der Waals surface area contributed by atoms with Gasteiger partial charge in [0.1, 0.15) is 13.0 Å². The summed E-state index contributed by atoms with van der Waals surface area (Å²) in [5, 5.41) is 1.35. The Morgan fingerprint density at radius 2 is 1.86 bits per heavy atom. The van der Waals surface area contributed by atoms with E-state index < -0.39 is 0 Å². The number of pyridine rings is 2. The van der Waals surface area contributed by atoms with Gasteiger partial charge in [0.05, 0.1) is 5.52 Å². The van der Waals surface area contributed by atoms with E-state index in [0.717, 1.165) is 10.9 Å². The highest BCUT2D eigenvalue weighted by molar-refractivity contribution is 6.33. The number of aromatic nitrogens is 2. The molecular formula is C10H10BClN2. The average molecular weight is 204 g/mol. The van der Waals surface area contributed by atoms with Gasteiger partial charge < -0.3 is 0 Å². The summed E-state index contributed by atoms with van der Waals surface area (Å²) in [6, 6.07) is 3.52. The third kappa shape index (κ3) is 2.45. The van der Waals surface area contributed by atoms with Crippen LogP contribution in [0.25, 0.3) is 10.9 Å². The third-order valence-corrected chi connectivity index (χ3v) is 1.76.